The maximum absolute atomic E-state index is 12.8. The lowest BCUT2D eigenvalue weighted by Crippen LogP contribution is -2.31. The zero-order chi connectivity index (χ0) is 18.7. The lowest BCUT2D eigenvalue weighted by atomic mass is 10.1. The fourth-order valence-electron chi connectivity index (χ4n) is 3.19. The summed E-state index contributed by atoms with van der Waals surface area (Å²) in [6, 6.07) is 16.3. The molecule has 2 aromatic carbocycles. The normalized spacial score (nSPS) is 11.1. The van der Waals surface area contributed by atoms with Crippen molar-refractivity contribution < 1.29 is 9.53 Å². The van der Waals surface area contributed by atoms with E-state index in [1.54, 1.807) is 0 Å². The van der Waals surface area contributed by atoms with Gasteiger partial charge in [0.2, 0.25) is 0 Å². The summed E-state index contributed by atoms with van der Waals surface area (Å²) in [7, 11) is 0. The standard InChI is InChI=1S/C22H26N2O2/c1-5-26-21-12-8-11-19-18(21)13-20(22(25)23-15(2)3)24(19)14-17-10-7-6-9-16(17)4/h6-13,15H,5,14H2,1-4H3,(H,23,25). The molecule has 4 nitrogen and oxygen atoms in total. The molecule has 1 N–H and O–H groups in total. The third-order valence-corrected chi connectivity index (χ3v) is 4.45. The molecule has 1 heterocycles. The molecule has 0 spiro atoms. The van der Waals surface area contributed by atoms with Gasteiger partial charge in [0, 0.05) is 18.0 Å². The van der Waals surface area contributed by atoms with Gasteiger partial charge in [0.15, 0.2) is 0 Å². The molecule has 0 saturated heterocycles. The van der Waals surface area contributed by atoms with Gasteiger partial charge in [-0.15, -0.1) is 0 Å². The topological polar surface area (TPSA) is 43.3 Å². The number of hydrogen-bond acceptors (Lipinski definition) is 2. The van der Waals surface area contributed by atoms with Gasteiger partial charge in [0.25, 0.3) is 5.91 Å². The molecule has 0 saturated carbocycles. The molecular formula is C22H26N2O2. The van der Waals surface area contributed by atoms with Crippen LogP contribution in [0, 0.1) is 6.92 Å². The number of nitrogens with zero attached hydrogens (tertiary/aromatic N) is 1. The van der Waals surface area contributed by atoms with Gasteiger partial charge >= 0.3 is 0 Å². The first-order valence-electron chi connectivity index (χ1n) is 9.11. The van der Waals surface area contributed by atoms with Crippen molar-refractivity contribution in [2.24, 2.45) is 0 Å². The largest absolute Gasteiger partial charge is 0.493 e. The van der Waals surface area contributed by atoms with Crippen LogP contribution in [0.15, 0.2) is 48.5 Å². The van der Waals surface area contributed by atoms with E-state index in [-0.39, 0.29) is 11.9 Å². The highest BCUT2D eigenvalue weighted by atomic mass is 16.5. The van der Waals surface area contributed by atoms with Crippen LogP contribution in [0.1, 0.15) is 42.4 Å². The van der Waals surface area contributed by atoms with E-state index in [0.717, 1.165) is 16.7 Å². The molecular weight excluding hydrogens is 324 g/mol. The molecule has 3 rings (SSSR count). The number of hydrogen-bond donors (Lipinski definition) is 1. The van der Waals surface area contributed by atoms with Crippen LogP contribution in [-0.4, -0.2) is 23.1 Å². The van der Waals surface area contributed by atoms with E-state index in [9.17, 15) is 4.79 Å². The first-order chi connectivity index (χ1) is 12.5. The molecule has 0 atom stereocenters. The fraction of sp³-hybridized carbons (Fsp3) is 0.318. The number of ether oxygens (including phenoxy) is 1. The van der Waals surface area contributed by atoms with Gasteiger partial charge in [-0.05, 0) is 57.0 Å². The Morgan fingerprint density at radius 2 is 1.92 bits per heavy atom. The van der Waals surface area contributed by atoms with Crippen molar-refractivity contribution in [2.75, 3.05) is 6.61 Å². The molecule has 0 unspecified atom stereocenters. The van der Waals surface area contributed by atoms with Crippen LogP contribution in [0.5, 0.6) is 5.75 Å². The highest BCUT2D eigenvalue weighted by Gasteiger charge is 2.19. The summed E-state index contributed by atoms with van der Waals surface area (Å²) in [5, 5.41) is 3.98. The average Bonchev–Trinajstić information content (AvgIpc) is 2.96. The van der Waals surface area contributed by atoms with Gasteiger partial charge in [0.05, 0.1) is 12.1 Å². The number of amides is 1. The van der Waals surface area contributed by atoms with Crippen molar-refractivity contribution in [3.63, 3.8) is 0 Å². The molecule has 0 bridgehead atoms. The Hall–Kier alpha value is -2.75. The number of carbonyl (C=O) groups is 1. The van der Waals surface area contributed by atoms with E-state index in [4.69, 9.17) is 4.74 Å². The van der Waals surface area contributed by atoms with Gasteiger partial charge in [0.1, 0.15) is 11.4 Å². The van der Waals surface area contributed by atoms with E-state index in [1.165, 1.54) is 11.1 Å². The van der Waals surface area contributed by atoms with E-state index in [2.05, 4.69) is 28.9 Å². The second kappa shape index (κ2) is 7.65. The monoisotopic (exact) mass is 350 g/mol. The van der Waals surface area contributed by atoms with Crippen molar-refractivity contribution in [1.29, 1.82) is 0 Å². The maximum Gasteiger partial charge on any atom is 0.268 e. The minimum absolute atomic E-state index is 0.0627. The summed E-state index contributed by atoms with van der Waals surface area (Å²) in [5.41, 5.74) is 4.08. The van der Waals surface area contributed by atoms with Crippen LogP contribution >= 0.6 is 0 Å². The average molecular weight is 350 g/mol. The Balaban J connectivity index is 2.15. The van der Waals surface area contributed by atoms with Gasteiger partial charge < -0.3 is 14.6 Å². The number of nitrogens with one attached hydrogen (secondary N) is 1. The highest BCUT2D eigenvalue weighted by molar-refractivity contribution is 6.00. The van der Waals surface area contributed by atoms with E-state index >= 15 is 0 Å². The zero-order valence-corrected chi connectivity index (χ0v) is 15.9. The third kappa shape index (κ3) is 3.59. The van der Waals surface area contributed by atoms with Crippen LogP contribution in [0.4, 0.5) is 0 Å². The summed E-state index contributed by atoms with van der Waals surface area (Å²) in [6.07, 6.45) is 0. The predicted octanol–water partition coefficient (Wildman–Crippen LogP) is 4.53. The maximum atomic E-state index is 12.8. The van der Waals surface area contributed by atoms with Crippen LogP contribution in [0.25, 0.3) is 10.9 Å². The fourth-order valence-corrected chi connectivity index (χ4v) is 3.19. The van der Waals surface area contributed by atoms with Gasteiger partial charge in [-0.3, -0.25) is 4.79 Å². The molecule has 0 aliphatic carbocycles. The Morgan fingerprint density at radius 1 is 1.15 bits per heavy atom. The number of aryl methyl sites for hydroxylation is 1. The second-order valence-corrected chi connectivity index (χ2v) is 6.79. The van der Waals surface area contributed by atoms with E-state index < -0.39 is 0 Å². The summed E-state index contributed by atoms with van der Waals surface area (Å²) in [4.78, 5) is 12.8. The zero-order valence-electron chi connectivity index (χ0n) is 15.9. The quantitative estimate of drug-likeness (QED) is 0.709. The summed E-state index contributed by atoms with van der Waals surface area (Å²) >= 11 is 0. The van der Waals surface area contributed by atoms with E-state index in [0.29, 0.717) is 18.8 Å². The lowest BCUT2D eigenvalue weighted by Gasteiger charge is -2.14. The molecule has 136 valence electrons. The minimum atomic E-state index is -0.0627. The Bertz CT molecular complexity index is 925. The molecule has 0 aliphatic heterocycles. The van der Waals surface area contributed by atoms with Crippen molar-refractivity contribution in [1.82, 2.24) is 9.88 Å². The minimum Gasteiger partial charge on any atom is -0.493 e. The molecule has 4 heteroatoms. The van der Waals surface area contributed by atoms with Crippen LogP contribution in [-0.2, 0) is 6.54 Å². The smallest absolute Gasteiger partial charge is 0.268 e. The van der Waals surface area contributed by atoms with Crippen molar-refractivity contribution >= 4 is 16.8 Å². The molecule has 0 fully saturated rings. The molecule has 1 amide bonds. The SMILES string of the molecule is CCOc1cccc2c1cc(C(=O)NC(C)C)n2Cc1ccccc1C. The highest BCUT2D eigenvalue weighted by Crippen LogP contribution is 2.30. The van der Waals surface area contributed by atoms with Crippen molar-refractivity contribution in [2.45, 2.75) is 40.3 Å². The number of rotatable bonds is 6. The van der Waals surface area contributed by atoms with E-state index in [1.807, 2.05) is 57.2 Å². The third-order valence-electron chi connectivity index (χ3n) is 4.45. The van der Waals surface area contributed by atoms with Crippen LogP contribution < -0.4 is 10.1 Å². The van der Waals surface area contributed by atoms with Crippen LogP contribution in [0.3, 0.4) is 0 Å². The van der Waals surface area contributed by atoms with Crippen LogP contribution in [0.2, 0.25) is 0 Å². The molecule has 0 aliphatic rings. The van der Waals surface area contributed by atoms with Gasteiger partial charge in [-0.2, -0.15) is 0 Å². The number of fused-ring (bicyclic) bond motifs is 1. The molecule has 26 heavy (non-hydrogen) atoms. The van der Waals surface area contributed by atoms with Crippen molar-refractivity contribution in [3.05, 3.63) is 65.4 Å². The number of carbonyl (C=O) groups excluding carboxylic acids is 1. The molecule has 3 aromatic rings. The number of benzene rings is 2. The Kier molecular flexibility index (Phi) is 5.31. The molecule has 0 radical (unpaired) electrons. The Morgan fingerprint density at radius 3 is 2.62 bits per heavy atom. The first kappa shape index (κ1) is 18.1. The Labute approximate surface area is 154 Å². The first-order valence-corrected chi connectivity index (χ1v) is 9.11. The lowest BCUT2D eigenvalue weighted by molar-refractivity contribution is 0.0934. The molecule has 1 aromatic heterocycles. The van der Waals surface area contributed by atoms with Crippen molar-refractivity contribution in [3.8, 4) is 5.75 Å². The van der Waals surface area contributed by atoms with Gasteiger partial charge in [-0.25, -0.2) is 0 Å². The number of aromatic nitrogens is 1. The summed E-state index contributed by atoms with van der Waals surface area (Å²) in [6.45, 7) is 9.24. The second-order valence-electron chi connectivity index (χ2n) is 6.79. The summed E-state index contributed by atoms with van der Waals surface area (Å²) < 4.78 is 7.86. The van der Waals surface area contributed by atoms with Gasteiger partial charge in [-0.1, -0.05) is 30.3 Å². The predicted molar refractivity (Wildman–Crippen MR) is 106 cm³/mol. The summed E-state index contributed by atoms with van der Waals surface area (Å²) in [5.74, 6) is 0.749.